The van der Waals surface area contributed by atoms with Crippen LogP contribution in [0.5, 0.6) is 5.75 Å². The number of likely N-dealkylation sites (N-methyl/N-ethyl adjacent to an activating group) is 1. The molecule has 0 radical (unpaired) electrons. The molecule has 7 heteroatoms. The van der Waals surface area contributed by atoms with E-state index in [1.54, 1.807) is 24.2 Å². The van der Waals surface area contributed by atoms with Crippen LogP contribution in [0.1, 0.15) is 19.4 Å². The van der Waals surface area contributed by atoms with Gasteiger partial charge in [0.05, 0.1) is 17.3 Å². The summed E-state index contributed by atoms with van der Waals surface area (Å²) < 4.78 is 6.30. The van der Waals surface area contributed by atoms with Gasteiger partial charge in [0.25, 0.3) is 5.91 Å². The molecule has 0 saturated heterocycles. The van der Waals surface area contributed by atoms with Crippen LogP contribution < -0.4 is 9.64 Å². The first kappa shape index (κ1) is 22.3. The normalized spacial score (nSPS) is 11.5. The Morgan fingerprint density at radius 2 is 1.93 bits per heavy atom. The Morgan fingerprint density at radius 1 is 1.17 bits per heavy atom. The van der Waals surface area contributed by atoms with Crippen molar-refractivity contribution in [3.8, 4) is 5.75 Å². The molecular formula is C23H26ClN3O2S. The van der Waals surface area contributed by atoms with Crippen LogP contribution in [0.25, 0.3) is 16.3 Å². The number of thiazole rings is 1. The predicted molar refractivity (Wildman–Crippen MR) is 127 cm³/mol. The molecular weight excluding hydrogens is 418 g/mol. The monoisotopic (exact) mass is 443 g/mol. The standard InChI is InChI=1S/C23H26ClN3O2S/c1-4-26(5-2)14-15-27(22(28)13-10-17-8-6-7-9-19(17)24)23-25-20-12-11-18(29-3)16-21(20)30-23/h6-13,16H,4-5,14-15H2,1-3H3. The second-order valence-electron chi connectivity index (χ2n) is 6.70. The minimum atomic E-state index is -0.118. The van der Waals surface area contributed by atoms with Crippen molar-refractivity contribution in [2.45, 2.75) is 13.8 Å². The lowest BCUT2D eigenvalue weighted by atomic mass is 10.2. The molecule has 0 aliphatic heterocycles. The minimum absolute atomic E-state index is 0.118. The van der Waals surface area contributed by atoms with Crippen molar-refractivity contribution in [2.24, 2.45) is 0 Å². The number of carbonyl (C=O) groups is 1. The highest BCUT2D eigenvalue weighted by Gasteiger charge is 2.19. The lowest BCUT2D eigenvalue weighted by Crippen LogP contribution is -2.38. The first-order valence-corrected chi connectivity index (χ1v) is 11.2. The Kier molecular flexibility index (Phi) is 7.85. The molecule has 30 heavy (non-hydrogen) atoms. The Bertz CT molecular complexity index is 1030. The number of fused-ring (bicyclic) bond motifs is 1. The molecule has 0 saturated carbocycles. The van der Waals surface area contributed by atoms with E-state index in [1.807, 2.05) is 42.5 Å². The van der Waals surface area contributed by atoms with Gasteiger partial charge in [0, 0.05) is 24.2 Å². The molecule has 0 bridgehead atoms. The zero-order chi connectivity index (χ0) is 21.5. The van der Waals surface area contributed by atoms with Gasteiger partial charge in [-0.25, -0.2) is 4.98 Å². The number of hydrogen-bond donors (Lipinski definition) is 0. The summed E-state index contributed by atoms with van der Waals surface area (Å²) in [7, 11) is 1.64. The van der Waals surface area contributed by atoms with Crippen molar-refractivity contribution in [3.05, 3.63) is 59.1 Å². The predicted octanol–water partition coefficient (Wildman–Crippen LogP) is 5.35. The van der Waals surface area contributed by atoms with Crippen LogP contribution in [-0.2, 0) is 4.79 Å². The topological polar surface area (TPSA) is 45.7 Å². The number of ether oxygens (including phenoxy) is 1. The van der Waals surface area contributed by atoms with E-state index in [1.165, 1.54) is 11.3 Å². The second-order valence-corrected chi connectivity index (χ2v) is 8.12. The molecule has 1 heterocycles. The summed E-state index contributed by atoms with van der Waals surface area (Å²) in [4.78, 5) is 21.9. The Labute approximate surface area is 186 Å². The first-order valence-electron chi connectivity index (χ1n) is 9.96. The number of anilines is 1. The van der Waals surface area contributed by atoms with Crippen LogP contribution in [0.3, 0.4) is 0 Å². The molecule has 0 unspecified atom stereocenters. The SMILES string of the molecule is CCN(CC)CCN(C(=O)C=Cc1ccccc1Cl)c1nc2ccc(OC)cc2s1. The Hall–Kier alpha value is -2.41. The largest absolute Gasteiger partial charge is 0.497 e. The van der Waals surface area contributed by atoms with E-state index in [4.69, 9.17) is 21.3 Å². The van der Waals surface area contributed by atoms with Gasteiger partial charge in [0.1, 0.15) is 5.75 Å². The fraction of sp³-hybridized carbons (Fsp3) is 0.304. The third-order valence-corrected chi connectivity index (χ3v) is 6.31. The van der Waals surface area contributed by atoms with Crippen molar-refractivity contribution in [1.82, 2.24) is 9.88 Å². The number of methoxy groups -OCH3 is 1. The van der Waals surface area contributed by atoms with Gasteiger partial charge in [-0.3, -0.25) is 9.69 Å². The average Bonchev–Trinajstić information content (AvgIpc) is 3.18. The van der Waals surface area contributed by atoms with Crippen LogP contribution in [0.2, 0.25) is 5.02 Å². The third-order valence-electron chi connectivity index (χ3n) is 4.93. The van der Waals surface area contributed by atoms with Gasteiger partial charge < -0.3 is 9.64 Å². The van der Waals surface area contributed by atoms with E-state index < -0.39 is 0 Å². The lowest BCUT2D eigenvalue weighted by Gasteiger charge is -2.23. The summed E-state index contributed by atoms with van der Waals surface area (Å²) in [6.07, 6.45) is 3.32. The van der Waals surface area contributed by atoms with E-state index in [0.717, 1.165) is 41.2 Å². The molecule has 0 fully saturated rings. The lowest BCUT2D eigenvalue weighted by molar-refractivity contribution is -0.114. The molecule has 0 aliphatic rings. The number of carbonyl (C=O) groups excluding carboxylic acids is 1. The fourth-order valence-electron chi connectivity index (χ4n) is 3.08. The van der Waals surface area contributed by atoms with E-state index in [9.17, 15) is 4.79 Å². The van der Waals surface area contributed by atoms with E-state index in [2.05, 4.69) is 18.7 Å². The quantitative estimate of drug-likeness (QED) is 0.418. The number of hydrogen-bond acceptors (Lipinski definition) is 5. The van der Waals surface area contributed by atoms with Gasteiger partial charge >= 0.3 is 0 Å². The molecule has 0 spiro atoms. The van der Waals surface area contributed by atoms with E-state index in [-0.39, 0.29) is 5.91 Å². The highest BCUT2D eigenvalue weighted by Crippen LogP contribution is 2.31. The van der Waals surface area contributed by atoms with Crippen LogP contribution in [0.4, 0.5) is 5.13 Å². The molecule has 2 aromatic carbocycles. The number of aromatic nitrogens is 1. The molecule has 5 nitrogen and oxygen atoms in total. The summed E-state index contributed by atoms with van der Waals surface area (Å²) in [6, 6.07) is 13.2. The number of nitrogens with zero attached hydrogens (tertiary/aromatic N) is 3. The summed E-state index contributed by atoms with van der Waals surface area (Å²) in [6.45, 7) is 7.45. The highest BCUT2D eigenvalue weighted by atomic mass is 35.5. The van der Waals surface area contributed by atoms with Gasteiger partial charge in [0.15, 0.2) is 5.13 Å². The van der Waals surface area contributed by atoms with Crippen molar-refractivity contribution < 1.29 is 9.53 Å². The zero-order valence-electron chi connectivity index (χ0n) is 17.5. The Morgan fingerprint density at radius 3 is 2.63 bits per heavy atom. The van der Waals surface area contributed by atoms with Crippen LogP contribution in [0, 0.1) is 0 Å². The highest BCUT2D eigenvalue weighted by molar-refractivity contribution is 7.22. The van der Waals surface area contributed by atoms with Crippen LogP contribution in [0.15, 0.2) is 48.5 Å². The van der Waals surface area contributed by atoms with E-state index in [0.29, 0.717) is 16.7 Å². The van der Waals surface area contributed by atoms with Gasteiger partial charge in [-0.2, -0.15) is 0 Å². The molecule has 3 rings (SSSR count). The molecule has 1 aromatic heterocycles. The molecule has 0 atom stereocenters. The Balaban J connectivity index is 1.89. The third kappa shape index (κ3) is 5.39. The van der Waals surface area contributed by atoms with Crippen molar-refractivity contribution in [1.29, 1.82) is 0 Å². The summed E-state index contributed by atoms with van der Waals surface area (Å²) in [5, 5.41) is 1.29. The number of amides is 1. The maximum absolute atomic E-state index is 13.1. The van der Waals surface area contributed by atoms with Gasteiger partial charge in [-0.1, -0.05) is 55.0 Å². The maximum atomic E-state index is 13.1. The van der Waals surface area contributed by atoms with Gasteiger partial charge in [-0.15, -0.1) is 0 Å². The van der Waals surface area contributed by atoms with Crippen LogP contribution >= 0.6 is 22.9 Å². The number of rotatable bonds is 9. The van der Waals surface area contributed by atoms with E-state index >= 15 is 0 Å². The molecule has 158 valence electrons. The number of halogens is 1. The molecule has 1 amide bonds. The molecule has 3 aromatic rings. The summed E-state index contributed by atoms with van der Waals surface area (Å²) in [5.74, 6) is 0.658. The zero-order valence-corrected chi connectivity index (χ0v) is 19.0. The van der Waals surface area contributed by atoms with Crippen molar-refractivity contribution in [2.75, 3.05) is 38.2 Å². The second kappa shape index (κ2) is 10.6. The van der Waals surface area contributed by atoms with Crippen molar-refractivity contribution >= 4 is 50.3 Å². The van der Waals surface area contributed by atoms with Gasteiger partial charge in [-0.05, 0) is 49.0 Å². The smallest absolute Gasteiger partial charge is 0.252 e. The maximum Gasteiger partial charge on any atom is 0.252 e. The average molecular weight is 444 g/mol. The molecule has 0 N–H and O–H groups in total. The van der Waals surface area contributed by atoms with Crippen molar-refractivity contribution in [3.63, 3.8) is 0 Å². The fourth-order valence-corrected chi connectivity index (χ4v) is 4.30. The summed E-state index contributed by atoms with van der Waals surface area (Å²) >= 11 is 7.71. The van der Waals surface area contributed by atoms with Crippen LogP contribution in [-0.4, -0.2) is 49.1 Å². The van der Waals surface area contributed by atoms with Gasteiger partial charge in [0.2, 0.25) is 0 Å². The minimum Gasteiger partial charge on any atom is -0.497 e. The molecule has 0 aliphatic carbocycles. The summed E-state index contributed by atoms with van der Waals surface area (Å²) in [5.41, 5.74) is 1.66. The first-order chi connectivity index (χ1) is 14.5. The number of benzene rings is 2.